The van der Waals surface area contributed by atoms with Gasteiger partial charge in [0.05, 0.1) is 5.56 Å². The number of rotatable bonds is 11. The molecular weight excluding hydrogens is 456 g/mol. The van der Waals surface area contributed by atoms with Crippen molar-refractivity contribution in [1.29, 1.82) is 0 Å². The zero-order valence-electron chi connectivity index (χ0n) is 19.2. The van der Waals surface area contributed by atoms with Crippen LogP contribution in [0.25, 0.3) is 0 Å². The maximum Gasteiger partial charge on any atom is 0.279 e. The molecular formula is C24H30N4O5S. The Hall–Kier alpha value is -3.24. The number of carbonyl (C=O) groups is 2. The Bertz CT molecular complexity index is 1120. The fourth-order valence-corrected chi connectivity index (χ4v) is 5.00. The van der Waals surface area contributed by atoms with Gasteiger partial charge in [-0.1, -0.05) is 17.3 Å². The van der Waals surface area contributed by atoms with E-state index in [0.29, 0.717) is 29.2 Å². The molecule has 2 amide bonds. The highest BCUT2D eigenvalue weighted by atomic mass is 32.2. The number of pyridine rings is 1. The first-order chi connectivity index (χ1) is 16.3. The summed E-state index contributed by atoms with van der Waals surface area (Å²) in [5, 5.41) is 6.84. The van der Waals surface area contributed by atoms with E-state index in [1.165, 1.54) is 18.3 Å². The normalized spacial score (nSPS) is 16.1. The highest BCUT2D eigenvalue weighted by molar-refractivity contribution is 8.00. The molecule has 1 aliphatic carbocycles. The zero-order chi connectivity index (χ0) is 24.6. The van der Waals surface area contributed by atoms with Crippen LogP contribution in [0, 0.1) is 0 Å². The number of benzene rings is 1. The summed E-state index contributed by atoms with van der Waals surface area (Å²) in [6.45, 7) is 0.508. The zero-order valence-corrected chi connectivity index (χ0v) is 20.0. The molecule has 34 heavy (non-hydrogen) atoms. The van der Waals surface area contributed by atoms with Gasteiger partial charge in [0.2, 0.25) is 5.91 Å². The first-order valence-electron chi connectivity index (χ1n) is 11.1. The molecule has 0 bridgehead atoms. The maximum atomic E-state index is 13.1. The molecule has 0 aliphatic heterocycles. The molecule has 1 aliphatic rings. The van der Waals surface area contributed by atoms with Crippen LogP contribution in [0.2, 0.25) is 0 Å². The fraction of sp³-hybridized carbons (Fsp3) is 0.375. The van der Waals surface area contributed by atoms with Gasteiger partial charge in [-0.25, -0.2) is 4.98 Å². The lowest BCUT2D eigenvalue weighted by molar-refractivity contribution is -0.110. The molecule has 1 unspecified atom stereocenters. The SMILES string of the molecule is C=S(=O)(CCCOC)c1ccc(/C(=N\OC2CCCC2)C(=O)Nc2ccc(C(N)=O)cn2)cc1. The van der Waals surface area contributed by atoms with Crippen molar-refractivity contribution >= 4 is 38.7 Å². The molecule has 9 nitrogen and oxygen atoms in total. The van der Waals surface area contributed by atoms with Crippen molar-refractivity contribution in [2.75, 3.05) is 24.8 Å². The number of oxime groups is 1. The smallest absolute Gasteiger partial charge is 0.279 e. The minimum absolute atomic E-state index is 0.0330. The first-order valence-corrected chi connectivity index (χ1v) is 12.9. The Balaban J connectivity index is 1.81. The van der Waals surface area contributed by atoms with Crippen LogP contribution in [0.5, 0.6) is 0 Å². The third-order valence-electron chi connectivity index (χ3n) is 5.48. The quantitative estimate of drug-likeness (QED) is 0.217. The van der Waals surface area contributed by atoms with Crippen LogP contribution < -0.4 is 11.1 Å². The minimum atomic E-state index is -2.48. The lowest BCUT2D eigenvalue weighted by Crippen LogP contribution is -2.25. The van der Waals surface area contributed by atoms with Gasteiger partial charge in [0, 0.05) is 36.1 Å². The Morgan fingerprint density at radius 3 is 2.44 bits per heavy atom. The third kappa shape index (κ3) is 6.88. The number of primary amides is 1. The van der Waals surface area contributed by atoms with E-state index in [1.54, 1.807) is 31.4 Å². The molecule has 0 saturated heterocycles. The molecule has 1 aromatic carbocycles. The van der Waals surface area contributed by atoms with Crippen molar-refractivity contribution in [3.8, 4) is 0 Å². The lowest BCUT2D eigenvalue weighted by Gasteiger charge is -2.13. The van der Waals surface area contributed by atoms with E-state index < -0.39 is 21.3 Å². The molecule has 10 heteroatoms. The summed E-state index contributed by atoms with van der Waals surface area (Å²) in [6.07, 6.45) is 5.78. The Morgan fingerprint density at radius 2 is 1.85 bits per heavy atom. The predicted octanol–water partition coefficient (Wildman–Crippen LogP) is 2.59. The van der Waals surface area contributed by atoms with E-state index in [-0.39, 0.29) is 23.2 Å². The summed E-state index contributed by atoms with van der Waals surface area (Å²) in [5.41, 5.74) is 6.03. The number of carbonyl (C=O) groups excluding carboxylic acids is 2. The van der Waals surface area contributed by atoms with Crippen LogP contribution in [0.1, 0.15) is 48.0 Å². The standard InChI is InChI=1S/C24H30N4O5S/c1-32-14-5-15-34(2,31)20-11-8-17(9-12-20)22(28-33-19-6-3-4-7-19)24(30)27-21-13-10-18(16-26-21)23(25)29/h8-13,16,19H,2-7,14-15H2,1H3,(H2,25,29)(H,26,27,30)/b28-22+. The number of nitrogens with one attached hydrogen (secondary N) is 1. The van der Waals surface area contributed by atoms with Gasteiger partial charge < -0.3 is 20.6 Å². The van der Waals surface area contributed by atoms with Crippen molar-refractivity contribution in [2.45, 2.75) is 43.1 Å². The summed E-state index contributed by atoms with van der Waals surface area (Å²) in [5.74, 6) is 3.38. The molecule has 2 aromatic rings. The van der Waals surface area contributed by atoms with Gasteiger partial charge in [-0.2, -0.15) is 0 Å². The van der Waals surface area contributed by atoms with Gasteiger partial charge in [-0.05, 0) is 71.8 Å². The number of aromatic nitrogens is 1. The van der Waals surface area contributed by atoms with Gasteiger partial charge in [0.25, 0.3) is 5.91 Å². The number of anilines is 1. The highest BCUT2D eigenvalue weighted by Gasteiger charge is 2.21. The topological polar surface area (TPSA) is 133 Å². The van der Waals surface area contributed by atoms with E-state index in [0.717, 1.165) is 25.7 Å². The average molecular weight is 487 g/mol. The average Bonchev–Trinajstić information content (AvgIpc) is 3.34. The van der Waals surface area contributed by atoms with E-state index >= 15 is 0 Å². The van der Waals surface area contributed by atoms with Gasteiger partial charge in [0.1, 0.15) is 11.9 Å². The highest BCUT2D eigenvalue weighted by Crippen LogP contribution is 2.22. The van der Waals surface area contributed by atoms with Gasteiger partial charge in [0.15, 0.2) is 5.71 Å². The van der Waals surface area contributed by atoms with Crippen LogP contribution in [-0.2, 0) is 23.9 Å². The summed E-state index contributed by atoms with van der Waals surface area (Å²) >= 11 is 0. The van der Waals surface area contributed by atoms with Crippen LogP contribution in [-0.4, -0.2) is 58.2 Å². The molecule has 1 aromatic heterocycles. The summed E-state index contributed by atoms with van der Waals surface area (Å²) in [4.78, 5) is 34.6. The number of hydrogen-bond donors (Lipinski definition) is 2. The largest absolute Gasteiger partial charge is 0.392 e. The second-order valence-corrected chi connectivity index (χ2v) is 10.6. The number of methoxy groups -OCH3 is 1. The van der Waals surface area contributed by atoms with Crippen LogP contribution in [0.4, 0.5) is 5.82 Å². The van der Waals surface area contributed by atoms with Gasteiger partial charge in [-0.3, -0.25) is 13.8 Å². The summed E-state index contributed by atoms with van der Waals surface area (Å²) < 4.78 is 18.0. The van der Waals surface area contributed by atoms with Crippen LogP contribution >= 0.6 is 0 Å². The monoisotopic (exact) mass is 486 g/mol. The molecule has 1 heterocycles. The molecule has 0 radical (unpaired) electrons. The van der Waals surface area contributed by atoms with Crippen molar-refractivity contribution in [3.63, 3.8) is 0 Å². The molecule has 182 valence electrons. The van der Waals surface area contributed by atoms with Crippen LogP contribution in [0.3, 0.4) is 0 Å². The Morgan fingerprint density at radius 1 is 1.18 bits per heavy atom. The number of hydrogen-bond acceptors (Lipinski definition) is 7. The molecule has 0 spiro atoms. The Kier molecular flexibility index (Phi) is 8.78. The van der Waals surface area contributed by atoms with Gasteiger partial charge in [-0.15, -0.1) is 0 Å². The number of ether oxygens (including phenoxy) is 1. The summed E-state index contributed by atoms with van der Waals surface area (Å²) in [7, 11) is -0.882. The minimum Gasteiger partial charge on any atom is -0.392 e. The molecule has 3 N–H and O–H groups in total. The van der Waals surface area contributed by atoms with E-state index in [4.69, 9.17) is 15.3 Å². The molecule has 1 atom stereocenters. The number of nitrogens with zero attached hydrogens (tertiary/aromatic N) is 2. The van der Waals surface area contributed by atoms with Crippen molar-refractivity contribution < 1.29 is 23.4 Å². The Labute approximate surface area is 199 Å². The second-order valence-electron chi connectivity index (χ2n) is 8.09. The van der Waals surface area contributed by atoms with E-state index in [2.05, 4.69) is 21.3 Å². The van der Waals surface area contributed by atoms with Crippen molar-refractivity contribution in [2.24, 2.45) is 10.9 Å². The second kappa shape index (κ2) is 11.8. The fourth-order valence-electron chi connectivity index (χ4n) is 3.55. The van der Waals surface area contributed by atoms with E-state index in [1.807, 2.05) is 0 Å². The first kappa shape index (κ1) is 25.4. The van der Waals surface area contributed by atoms with Crippen molar-refractivity contribution in [3.05, 3.63) is 53.7 Å². The lowest BCUT2D eigenvalue weighted by atomic mass is 10.1. The molecule has 3 rings (SSSR count). The summed E-state index contributed by atoms with van der Waals surface area (Å²) in [6, 6.07) is 9.69. The van der Waals surface area contributed by atoms with Crippen LogP contribution in [0.15, 0.2) is 52.6 Å². The third-order valence-corrected chi connectivity index (χ3v) is 7.56. The van der Waals surface area contributed by atoms with Crippen molar-refractivity contribution in [1.82, 2.24) is 4.98 Å². The molecule has 1 fully saturated rings. The van der Waals surface area contributed by atoms with Gasteiger partial charge >= 0.3 is 0 Å². The number of amides is 2. The van der Waals surface area contributed by atoms with E-state index in [9.17, 15) is 13.8 Å². The maximum absolute atomic E-state index is 13.1. The number of nitrogens with two attached hydrogens (primary N) is 1. The molecule has 1 saturated carbocycles. The predicted molar refractivity (Wildman–Crippen MR) is 133 cm³/mol.